The van der Waals surface area contributed by atoms with Gasteiger partial charge in [-0.1, -0.05) is 47.5 Å². The van der Waals surface area contributed by atoms with E-state index in [2.05, 4.69) is 0 Å². The summed E-state index contributed by atoms with van der Waals surface area (Å²) < 4.78 is 5.21. The third-order valence-electron chi connectivity index (χ3n) is 4.49. The van der Waals surface area contributed by atoms with Crippen molar-refractivity contribution in [3.63, 3.8) is 0 Å². The number of amides is 2. The topological polar surface area (TPSA) is 63.7 Å². The first-order valence-corrected chi connectivity index (χ1v) is 10.3. The number of anilines is 1. The van der Waals surface area contributed by atoms with Crippen LogP contribution in [0.3, 0.4) is 0 Å². The van der Waals surface area contributed by atoms with Gasteiger partial charge in [0.05, 0.1) is 27.8 Å². The third-order valence-corrected chi connectivity index (χ3v) is 6.27. The maximum absolute atomic E-state index is 12.9. The Labute approximate surface area is 180 Å². The molecule has 5 nitrogen and oxygen atoms in total. The molecule has 0 radical (unpaired) electrons. The molecule has 1 aromatic heterocycles. The molecule has 0 unspecified atom stereocenters. The van der Waals surface area contributed by atoms with Crippen molar-refractivity contribution in [3.05, 3.63) is 74.6 Å². The maximum Gasteiger partial charge on any atom is 0.341 e. The molecule has 2 amide bonds. The summed E-state index contributed by atoms with van der Waals surface area (Å²) in [4.78, 5) is 39.7. The fraction of sp³-hybridized carbons (Fsp3) is 0.0952. The average molecular weight is 446 g/mol. The van der Waals surface area contributed by atoms with Gasteiger partial charge in [0.25, 0.3) is 11.8 Å². The second kappa shape index (κ2) is 7.63. The largest absolute Gasteiger partial charge is 0.462 e. The zero-order valence-corrected chi connectivity index (χ0v) is 17.4. The Hall–Kier alpha value is -2.67. The number of hydrogen-bond acceptors (Lipinski definition) is 5. The molecule has 1 aliphatic heterocycles. The van der Waals surface area contributed by atoms with Crippen molar-refractivity contribution >= 4 is 57.3 Å². The van der Waals surface area contributed by atoms with Gasteiger partial charge in [-0.2, -0.15) is 0 Å². The van der Waals surface area contributed by atoms with Crippen LogP contribution in [0.1, 0.15) is 38.0 Å². The molecule has 29 heavy (non-hydrogen) atoms. The van der Waals surface area contributed by atoms with Gasteiger partial charge in [-0.15, -0.1) is 11.3 Å². The van der Waals surface area contributed by atoms with Crippen LogP contribution >= 0.6 is 34.5 Å². The van der Waals surface area contributed by atoms with E-state index in [9.17, 15) is 14.4 Å². The minimum atomic E-state index is -0.647. The van der Waals surface area contributed by atoms with Gasteiger partial charge in [-0.3, -0.25) is 9.59 Å². The molecule has 8 heteroatoms. The Morgan fingerprint density at radius 1 is 0.966 bits per heavy atom. The van der Waals surface area contributed by atoms with E-state index in [1.54, 1.807) is 54.8 Å². The number of halogens is 2. The molecule has 0 aliphatic carbocycles. The van der Waals surface area contributed by atoms with Crippen LogP contribution in [0.2, 0.25) is 10.0 Å². The lowest BCUT2D eigenvalue weighted by molar-refractivity contribution is 0.0529. The highest BCUT2D eigenvalue weighted by atomic mass is 35.5. The summed E-state index contributed by atoms with van der Waals surface area (Å²) in [6.07, 6.45) is 0. The number of ether oxygens (including phenoxy) is 1. The van der Waals surface area contributed by atoms with Crippen LogP contribution in [0, 0.1) is 0 Å². The van der Waals surface area contributed by atoms with Crippen molar-refractivity contribution in [2.75, 3.05) is 11.5 Å². The number of rotatable bonds is 4. The summed E-state index contributed by atoms with van der Waals surface area (Å²) >= 11 is 13.6. The van der Waals surface area contributed by atoms with Crippen molar-refractivity contribution in [1.29, 1.82) is 0 Å². The minimum Gasteiger partial charge on any atom is -0.462 e. The van der Waals surface area contributed by atoms with E-state index in [0.29, 0.717) is 27.3 Å². The van der Waals surface area contributed by atoms with E-state index in [1.165, 1.54) is 0 Å². The van der Waals surface area contributed by atoms with Crippen LogP contribution in [0.15, 0.2) is 47.8 Å². The van der Waals surface area contributed by atoms with Crippen molar-refractivity contribution in [2.45, 2.75) is 6.92 Å². The Morgan fingerprint density at radius 3 is 2.21 bits per heavy atom. The molecule has 146 valence electrons. The van der Waals surface area contributed by atoms with E-state index in [0.717, 1.165) is 16.2 Å². The number of imide groups is 1. The molecular weight excluding hydrogens is 433 g/mol. The van der Waals surface area contributed by atoms with E-state index >= 15 is 0 Å². The zero-order valence-electron chi connectivity index (χ0n) is 15.1. The van der Waals surface area contributed by atoms with Gasteiger partial charge in [0.2, 0.25) is 0 Å². The van der Waals surface area contributed by atoms with Gasteiger partial charge in [0.15, 0.2) is 0 Å². The molecule has 1 aliphatic rings. The van der Waals surface area contributed by atoms with Crippen LogP contribution in [0.5, 0.6) is 0 Å². The van der Waals surface area contributed by atoms with Gasteiger partial charge in [-0.05, 0) is 25.1 Å². The second-order valence-electron chi connectivity index (χ2n) is 6.14. The van der Waals surface area contributed by atoms with Crippen LogP contribution in [-0.2, 0) is 4.74 Å². The number of thiophene rings is 1. The summed E-state index contributed by atoms with van der Waals surface area (Å²) in [5, 5.41) is 2.46. The Morgan fingerprint density at radius 2 is 1.59 bits per heavy atom. The standard InChI is InChI=1S/C21H13Cl2NO4S/c1-2-28-21(27)16-14(11-8-5-9-15(22)17(11)23)10-29-20(16)24-18(25)12-6-3-4-7-13(12)19(24)26/h3-10H,2H2,1H3. The smallest absolute Gasteiger partial charge is 0.341 e. The normalized spacial score (nSPS) is 13.0. The van der Waals surface area contributed by atoms with Gasteiger partial charge in [0, 0.05) is 16.5 Å². The predicted molar refractivity (Wildman–Crippen MR) is 113 cm³/mol. The highest BCUT2D eigenvalue weighted by Gasteiger charge is 2.40. The number of esters is 1. The second-order valence-corrected chi connectivity index (χ2v) is 7.79. The van der Waals surface area contributed by atoms with Gasteiger partial charge >= 0.3 is 5.97 Å². The number of hydrogen-bond donors (Lipinski definition) is 0. The zero-order chi connectivity index (χ0) is 20.7. The van der Waals surface area contributed by atoms with E-state index in [4.69, 9.17) is 27.9 Å². The summed E-state index contributed by atoms with van der Waals surface area (Å²) in [5.74, 6) is -1.62. The van der Waals surface area contributed by atoms with Crippen molar-refractivity contribution in [2.24, 2.45) is 0 Å². The van der Waals surface area contributed by atoms with E-state index in [-0.39, 0.29) is 22.2 Å². The Kier molecular flexibility index (Phi) is 5.17. The number of fused-ring (bicyclic) bond motifs is 1. The monoisotopic (exact) mass is 445 g/mol. The molecule has 2 aromatic carbocycles. The maximum atomic E-state index is 12.9. The van der Waals surface area contributed by atoms with Crippen molar-refractivity contribution in [1.82, 2.24) is 0 Å². The van der Waals surface area contributed by atoms with Crippen molar-refractivity contribution < 1.29 is 19.1 Å². The first-order valence-electron chi connectivity index (χ1n) is 8.66. The average Bonchev–Trinajstić information content (AvgIpc) is 3.24. The molecule has 2 heterocycles. The fourth-order valence-electron chi connectivity index (χ4n) is 3.20. The Bertz CT molecular complexity index is 1140. The molecule has 0 fully saturated rings. The minimum absolute atomic E-state index is 0.107. The number of carbonyl (C=O) groups is 3. The lowest BCUT2D eigenvalue weighted by Gasteiger charge is -2.15. The summed E-state index contributed by atoms with van der Waals surface area (Å²) in [6, 6.07) is 11.6. The SMILES string of the molecule is CCOC(=O)c1c(-c2cccc(Cl)c2Cl)csc1N1C(=O)c2ccccc2C1=O. The molecule has 0 N–H and O–H groups in total. The molecule has 0 bridgehead atoms. The highest BCUT2D eigenvalue weighted by Crippen LogP contribution is 2.44. The lowest BCUT2D eigenvalue weighted by atomic mass is 10.0. The summed E-state index contributed by atoms with van der Waals surface area (Å²) in [6.45, 7) is 1.82. The lowest BCUT2D eigenvalue weighted by Crippen LogP contribution is -2.30. The third kappa shape index (κ3) is 3.13. The number of carbonyl (C=O) groups excluding carboxylic acids is 3. The quantitative estimate of drug-likeness (QED) is 0.381. The molecule has 0 atom stereocenters. The summed E-state index contributed by atoms with van der Waals surface area (Å²) in [5.41, 5.74) is 1.66. The number of nitrogens with zero attached hydrogens (tertiary/aromatic N) is 1. The molecule has 0 saturated carbocycles. The van der Waals surface area contributed by atoms with Gasteiger partial charge in [0.1, 0.15) is 10.6 Å². The Balaban J connectivity index is 1.91. The van der Waals surface area contributed by atoms with Crippen LogP contribution in [-0.4, -0.2) is 24.4 Å². The molecule has 0 saturated heterocycles. The fourth-order valence-corrected chi connectivity index (χ4v) is 4.66. The van der Waals surface area contributed by atoms with Crippen molar-refractivity contribution in [3.8, 4) is 11.1 Å². The predicted octanol–water partition coefficient (Wildman–Crippen LogP) is 5.70. The summed E-state index contributed by atoms with van der Waals surface area (Å²) in [7, 11) is 0. The molecule has 4 rings (SSSR count). The first kappa shape index (κ1) is 19.6. The molecule has 3 aromatic rings. The van der Waals surface area contributed by atoms with Crippen LogP contribution in [0.25, 0.3) is 11.1 Å². The highest BCUT2D eigenvalue weighted by molar-refractivity contribution is 7.15. The van der Waals surface area contributed by atoms with E-state index in [1.807, 2.05) is 0 Å². The van der Waals surface area contributed by atoms with Crippen LogP contribution in [0.4, 0.5) is 5.00 Å². The van der Waals surface area contributed by atoms with Gasteiger partial charge in [-0.25, -0.2) is 9.69 Å². The van der Waals surface area contributed by atoms with E-state index < -0.39 is 17.8 Å². The molecule has 0 spiro atoms. The first-order chi connectivity index (χ1) is 14.0. The van der Waals surface area contributed by atoms with Crippen LogP contribution < -0.4 is 4.90 Å². The molecular formula is C21H13Cl2NO4S. The van der Waals surface area contributed by atoms with Gasteiger partial charge < -0.3 is 4.74 Å². The number of benzene rings is 2.